The number of nitrogens with one attached hydrogen (secondary N) is 2. The Labute approximate surface area is 615 Å². The van der Waals surface area contributed by atoms with Crippen LogP contribution in [0.3, 0.4) is 0 Å². The van der Waals surface area contributed by atoms with Gasteiger partial charge in [0.25, 0.3) is 0 Å². The van der Waals surface area contributed by atoms with E-state index >= 15 is 0 Å². The van der Waals surface area contributed by atoms with Crippen molar-refractivity contribution in [3.8, 4) is 0 Å². The van der Waals surface area contributed by atoms with Gasteiger partial charge in [0, 0.05) is 121 Å². The van der Waals surface area contributed by atoms with Crippen molar-refractivity contribution in [2.24, 2.45) is 0 Å². The van der Waals surface area contributed by atoms with Crippen molar-refractivity contribution in [1.29, 1.82) is 0 Å². The lowest BCUT2D eigenvalue weighted by atomic mass is 9.87. The minimum absolute atomic E-state index is 0.0910. The predicted octanol–water partition coefficient (Wildman–Crippen LogP) is 20.9. The van der Waals surface area contributed by atoms with Crippen molar-refractivity contribution in [1.82, 2.24) is 81.9 Å². The number of hydrogen-bond acceptors (Lipinski definition) is 9. The van der Waals surface area contributed by atoms with Crippen molar-refractivity contribution in [2.45, 2.75) is 209 Å². The van der Waals surface area contributed by atoms with Gasteiger partial charge in [0.05, 0.1) is 23.1 Å². The summed E-state index contributed by atoms with van der Waals surface area (Å²) >= 11 is 0. The molecule has 0 unspecified atom stereocenters. The molecule has 0 saturated heterocycles. The molecule has 16 aromatic rings. The van der Waals surface area contributed by atoms with Gasteiger partial charge in [-0.15, -0.1) is 10.2 Å². The van der Waals surface area contributed by atoms with E-state index in [1.165, 1.54) is 55.2 Å². The van der Waals surface area contributed by atoms with Gasteiger partial charge in [0.1, 0.15) is 29.6 Å². The average Bonchev–Trinajstić information content (AvgIpc) is 1.71. The van der Waals surface area contributed by atoms with Gasteiger partial charge in [0.2, 0.25) is 0 Å². The van der Waals surface area contributed by atoms with Crippen LogP contribution in [0.1, 0.15) is 211 Å². The highest BCUT2D eigenvalue weighted by atomic mass is 15.2. The molecular formula is C87H111N17. The summed E-state index contributed by atoms with van der Waals surface area (Å²) < 4.78 is 11.6. The molecule has 0 saturated carbocycles. The molecule has 17 heteroatoms. The molecular weight excluding hydrogens is 1280 g/mol. The van der Waals surface area contributed by atoms with E-state index in [4.69, 9.17) is 0 Å². The Morgan fingerprint density at radius 1 is 0.308 bits per heavy atom. The van der Waals surface area contributed by atoms with E-state index in [-0.39, 0.29) is 43.3 Å². The number of aromatic amines is 2. The summed E-state index contributed by atoms with van der Waals surface area (Å²) in [5, 5.41) is 19.1. The molecule has 0 radical (unpaired) electrons. The third kappa shape index (κ3) is 20.8. The van der Waals surface area contributed by atoms with E-state index in [1.54, 1.807) is 23.2 Å². The van der Waals surface area contributed by atoms with E-state index in [0.717, 1.165) is 45.1 Å². The van der Waals surface area contributed by atoms with Crippen LogP contribution in [0.15, 0.2) is 227 Å². The van der Waals surface area contributed by atoms with Crippen LogP contribution in [0.2, 0.25) is 0 Å². The highest BCUT2D eigenvalue weighted by Gasteiger charge is 2.21. The first-order valence-corrected chi connectivity index (χ1v) is 35.9. The molecule has 2 aromatic carbocycles. The maximum absolute atomic E-state index is 4.52. The summed E-state index contributed by atoms with van der Waals surface area (Å²) in [6.07, 6.45) is 32.5. The normalized spacial score (nSPS) is 12.2. The van der Waals surface area contributed by atoms with Gasteiger partial charge in [-0.25, -0.2) is 34.0 Å². The van der Waals surface area contributed by atoms with Crippen LogP contribution in [-0.4, -0.2) is 81.9 Å². The molecule has 104 heavy (non-hydrogen) atoms. The molecule has 0 amide bonds. The Balaban J connectivity index is 0.000000138. The summed E-state index contributed by atoms with van der Waals surface area (Å²) in [5.41, 5.74) is 19.9. The molecule has 14 heterocycles. The SMILES string of the molecule is CC(C)(C)c1cc2nccn2cn1.CC(C)(C)c1ccc2cc[nH]c2c1.CC(C)(C)c1ccc2cc[nH]c2c1.CC(C)(C)c1ccc2cccn2n1.CC(C)(C)c1ccn2ccnc2c1.CC(C)(C)c1ccn2ccnc2c1.CC(C)(C)c1ccn2cnnc2c1.CC(C)(C)c1cnc2ccnn2c1. The lowest BCUT2D eigenvalue weighted by Crippen LogP contribution is -2.14. The number of H-pyrrole nitrogens is 2. The third-order valence-electron chi connectivity index (χ3n) is 17.9. The smallest absolute Gasteiger partial charge is 0.160 e. The molecule has 17 nitrogen and oxygen atoms in total. The second-order valence-electron chi connectivity index (χ2n) is 34.8. The first kappa shape index (κ1) is 77.6. The van der Waals surface area contributed by atoms with Crippen LogP contribution in [-0.2, 0) is 43.3 Å². The van der Waals surface area contributed by atoms with Crippen molar-refractivity contribution in [3.05, 3.63) is 272 Å². The van der Waals surface area contributed by atoms with E-state index in [1.807, 2.05) is 115 Å². The van der Waals surface area contributed by atoms with Gasteiger partial charge in [-0.2, -0.15) is 10.2 Å². The molecule has 16 rings (SSSR count). The number of benzene rings is 2. The molecule has 0 aliphatic carbocycles. The van der Waals surface area contributed by atoms with Gasteiger partial charge < -0.3 is 18.8 Å². The van der Waals surface area contributed by atoms with E-state index in [0.29, 0.717) is 0 Å². The first-order valence-electron chi connectivity index (χ1n) is 35.9. The standard InChI is InChI=1S/2C12H15N.3C11H14N2.3C10H13N3/c2*1-12(2,3)10-5-4-9-6-7-13-11(9)8-10;2*1-11(2,3)9-4-6-13-7-5-12-10(13)8-9;1-11(2,3)10-7-6-9-5-4-8-13(9)12-10;1-10(2,3)8-6-9-11-4-5-13(9)7-12-8;1-10(2,3)8-6-11-9-4-5-12-13(9)7-8;1-10(2,3)8-4-5-13-7-11-12-9(13)6-8/h2*4-8,13H,1-3H3;3*4-8H,1-3H3;3*4-7H,1-3H3. The van der Waals surface area contributed by atoms with Gasteiger partial charge in [0.15, 0.2) is 11.3 Å². The number of fused-ring (bicyclic) bond motifs is 8. The lowest BCUT2D eigenvalue weighted by Gasteiger charge is -2.18. The first-order chi connectivity index (χ1) is 48.6. The summed E-state index contributed by atoms with van der Waals surface area (Å²) in [4.78, 5) is 27.9. The second kappa shape index (κ2) is 31.2. The fourth-order valence-electron chi connectivity index (χ4n) is 10.8. The van der Waals surface area contributed by atoms with E-state index in [9.17, 15) is 0 Å². The quantitative estimate of drug-likeness (QED) is 0.150. The summed E-state index contributed by atoms with van der Waals surface area (Å²) in [5.74, 6) is 0. The molecule has 0 atom stereocenters. The van der Waals surface area contributed by atoms with Crippen LogP contribution in [0.25, 0.3) is 55.6 Å². The minimum Gasteiger partial charge on any atom is -0.361 e. The Bertz CT molecular complexity index is 4380. The van der Waals surface area contributed by atoms with Crippen LogP contribution < -0.4 is 0 Å². The zero-order valence-corrected chi connectivity index (χ0v) is 66.1. The number of pyridine rings is 3. The number of hydrogen-bond donors (Lipinski definition) is 2. The van der Waals surface area contributed by atoms with Crippen molar-refractivity contribution < 1.29 is 0 Å². The van der Waals surface area contributed by atoms with Crippen molar-refractivity contribution in [2.75, 3.05) is 0 Å². The number of nitrogens with zero attached hydrogens (tertiary/aromatic N) is 15. The molecule has 0 spiro atoms. The molecule has 0 aliphatic rings. The molecule has 0 bridgehead atoms. The van der Waals surface area contributed by atoms with Crippen LogP contribution in [0.4, 0.5) is 0 Å². The third-order valence-corrected chi connectivity index (χ3v) is 17.9. The predicted molar refractivity (Wildman–Crippen MR) is 431 cm³/mol. The summed E-state index contributed by atoms with van der Waals surface area (Å²) in [6.45, 7) is 52.7. The molecule has 2 N–H and O–H groups in total. The van der Waals surface area contributed by atoms with Gasteiger partial charge >= 0.3 is 0 Å². The molecule has 0 fully saturated rings. The maximum atomic E-state index is 4.52. The highest BCUT2D eigenvalue weighted by molar-refractivity contribution is 5.81. The van der Waals surface area contributed by atoms with E-state index < -0.39 is 0 Å². The fraction of sp³-hybridized carbons (Fsp3) is 0.368. The Morgan fingerprint density at radius 2 is 0.750 bits per heavy atom. The van der Waals surface area contributed by atoms with Gasteiger partial charge in [-0.3, -0.25) is 8.80 Å². The molecule has 544 valence electrons. The van der Waals surface area contributed by atoms with Gasteiger partial charge in [-0.05, 0) is 162 Å². The molecule has 14 aromatic heterocycles. The Hall–Kier alpha value is -10.6. The Morgan fingerprint density at radius 3 is 1.23 bits per heavy atom. The number of aromatic nitrogens is 17. The zero-order chi connectivity index (χ0) is 75.8. The van der Waals surface area contributed by atoms with Crippen LogP contribution in [0, 0.1) is 0 Å². The highest BCUT2D eigenvalue weighted by Crippen LogP contribution is 2.30. The summed E-state index contributed by atoms with van der Waals surface area (Å²) in [7, 11) is 0. The minimum atomic E-state index is 0.0910. The average molecular weight is 1390 g/mol. The maximum Gasteiger partial charge on any atom is 0.160 e. The van der Waals surface area contributed by atoms with Gasteiger partial charge in [-0.1, -0.05) is 190 Å². The van der Waals surface area contributed by atoms with E-state index in [2.05, 4.69) is 337 Å². The van der Waals surface area contributed by atoms with Crippen LogP contribution >= 0.6 is 0 Å². The number of imidazole rings is 3. The van der Waals surface area contributed by atoms with Crippen LogP contribution in [0.5, 0.6) is 0 Å². The monoisotopic (exact) mass is 1390 g/mol. The van der Waals surface area contributed by atoms with Crippen molar-refractivity contribution in [3.63, 3.8) is 0 Å². The zero-order valence-electron chi connectivity index (χ0n) is 66.1. The van der Waals surface area contributed by atoms with Crippen molar-refractivity contribution >= 4 is 55.6 Å². The number of rotatable bonds is 0. The molecule has 0 aliphatic heterocycles. The second-order valence-corrected chi connectivity index (χ2v) is 34.8. The summed E-state index contributed by atoms with van der Waals surface area (Å²) in [6, 6.07) is 42.4. The largest absolute Gasteiger partial charge is 0.361 e. The Kier molecular flexibility index (Phi) is 23.3. The topological polar surface area (TPSA) is 174 Å². The lowest BCUT2D eigenvalue weighted by molar-refractivity contribution is 0.554. The fourth-order valence-corrected chi connectivity index (χ4v) is 10.8.